The molecule has 0 saturated carbocycles. The van der Waals surface area contributed by atoms with Gasteiger partial charge in [-0.3, -0.25) is 0 Å². The molecule has 0 atom stereocenters. The molecule has 1 amide bonds. The lowest BCUT2D eigenvalue weighted by molar-refractivity contribution is 0.142. The first-order valence-corrected chi connectivity index (χ1v) is 6.24. The lowest BCUT2D eigenvalue weighted by Crippen LogP contribution is -2.35. The molecular formula is C12H13BrN2O2. The van der Waals surface area contributed by atoms with E-state index in [1.54, 1.807) is 0 Å². The largest absolute Gasteiger partial charge is 0.465 e. The summed E-state index contributed by atoms with van der Waals surface area (Å²) in [5, 5.41) is 8.84. The zero-order valence-corrected chi connectivity index (χ0v) is 10.9. The van der Waals surface area contributed by atoms with Crippen LogP contribution in [0.2, 0.25) is 0 Å². The fourth-order valence-corrected chi connectivity index (χ4v) is 2.20. The number of carboxylic acid groups (broad SMARTS) is 1. The standard InChI is InChI=1S/C12H13BrN2O2/c13-11-3-1-2-10(14-11)8-9-4-6-15(7-5-9)12(16)17/h1-3,8H,4-7H2,(H,16,17). The Hall–Kier alpha value is -1.36. The molecule has 0 spiro atoms. The molecule has 2 heterocycles. The van der Waals surface area contributed by atoms with E-state index in [9.17, 15) is 4.79 Å². The normalized spacial score (nSPS) is 15.8. The molecule has 0 aromatic carbocycles. The zero-order chi connectivity index (χ0) is 12.3. The van der Waals surface area contributed by atoms with Crippen LogP contribution >= 0.6 is 15.9 Å². The van der Waals surface area contributed by atoms with Gasteiger partial charge < -0.3 is 10.0 Å². The van der Waals surface area contributed by atoms with Crippen molar-refractivity contribution in [3.63, 3.8) is 0 Å². The van der Waals surface area contributed by atoms with Crippen LogP contribution in [0.5, 0.6) is 0 Å². The molecule has 1 aromatic rings. The summed E-state index contributed by atoms with van der Waals surface area (Å²) in [6.07, 6.45) is 2.80. The summed E-state index contributed by atoms with van der Waals surface area (Å²) >= 11 is 3.33. The monoisotopic (exact) mass is 296 g/mol. The Morgan fingerprint density at radius 1 is 1.41 bits per heavy atom. The molecule has 0 unspecified atom stereocenters. The van der Waals surface area contributed by atoms with Crippen molar-refractivity contribution in [2.45, 2.75) is 12.8 Å². The average Bonchev–Trinajstić information content (AvgIpc) is 2.29. The van der Waals surface area contributed by atoms with Gasteiger partial charge in [0.2, 0.25) is 0 Å². The summed E-state index contributed by atoms with van der Waals surface area (Å²) < 4.78 is 0.815. The number of halogens is 1. The zero-order valence-electron chi connectivity index (χ0n) is 9.27. The fraction of sp³-hybridized carbons (Fsp3) is 0.333. The second kappa shape index (κ2) is 5.31. The molecular weight excluding hydrogens is 284 g/mol. The lowest BCUT2D eigenvalue weighted by Gasteiger charge is -2.25. The van der Waals surface area contributed by atoms with Crippen LogP contribution in [-0.4, -0.2) is 34.2 Å². The van der Waals surface area contributed by atoms with Gasteiger partial charge in [-0.05, 0) is 47.0 Å². The molecule has 2 rings (SSSR count). The van der Waals surface area contributed by atoms with E-state index in [1.807, 2.05) is 24.3 Å². The third-order valence-electron chi connectivity index (χ3n) is 2.76. The maximum absolute atomic E-state index is 10.8. The van der Waals surface area contributed by atoms with Crippen LogP contribution in [0.25, 0.3) is 6.08 Å². The molecule has 0 radical (unpaired) electrons. The van der Waals surface area contributed by atoms with E-state index in [1.165, 1.54) is 10.5 Å². The van der Waals surface area contributed by atoms with Crippen LogP contribution < -0.4 is 0 Å². The summed E-state index contributed by atoms with van der Waals surface area (Å²) in [5.74, 6) is 0. The highest BCUT2D eigenvalue weighted by Crippen LogP contribution is 2.19. The van der Waals surface area contributed by atoms with Crippen LogP contribution in [0.1, 0.15) is 18.5 Å². The summed E-state index contributed by atoms with van der Waals surface area (Å²) in [5.41, 5.74) is 2.17. The Balaban J connectivity index is 2.03. The van der Waals surface area contributed by atoms with Crippen LogP contribution in [0, 0.1) is 0 Å². The Morgan fingerprint density at radius 3 is 2.71 bits per heavy atom. The number of carbonyl (C=O) groups is 1. The van der Waals surface area contributed by atoms with E-state index >= 15 is 0 Å². The van der Waals surface area contributed by atoms with Crippen molar-refractivity contribution in [3.05, 3.63) is 34.1 Å². The Labute approximate surface area is 108 Å². The SMILES string of the molecule is O=C(O)N1CCC(=Cc2cccc(Br)n2)CC1. The molecule has 1 saturated heterocycles. The first-order valence-electron chi connectivity index (χ1n) is 5.45. The molecule has 4 nitrogen and oxygen atoms in total. The second-order valence-corrected chi connectivity index (χ2v) is 4.77. The highest BCUT2D eigenvalue weighted by molar-refractivity contribution is 9.10. The molecule has 90 valence electrons. The number of likely N-dealkylation sites (tertiary alicyclic amines) is 1. The number of amides is 1. The second-order valence-electron chi connectivity index (χ2n) is 3.96. The summed E-state index contributed by atoms with van der Waals surface area (Å²) in [6, 6.07) is 5.77. The molecule has 1 aliphatic rings. The number of nitrogens with zero attached hydrogens (tertiary/aromatic N) is 2. The van der Waals surface area contributed by atoms with Gasteiger partial charge in [0.05, 0.1) is 5.69 Å². The Kier molecular flexibility index (Phi) is 3.78. The van der Waals surface area contributed by atoms with Crippen LogP contribution in [0.4, 0.5) is 4.79 Å². The lowest BCUT2D eigenvalue weighted by atomic mass is 10.0. The quantitative estimate of drug-likeness (QED) is 0.811. The molecule has 1 aliphatic heterocycles. The van der Waals surface area contributed by atoms with Crippen molar-refractivity contribution in [1.82, 2.24) is 9.88 Å². The topological polar surface area (TPSA) is 53.4 Å². The van der Waals surface area contributed by atoms with Crippen molar-refractivity contribution in [1.29, 1.82) is 0 Å². The van der Waals surface area contributed by atoms with Gasteiger partial charge in [0.25, 0.3) is 0 Å². The number of piperidine rings is 1. The molecule has 17 heavy (non-hydrogen) atoms. The first kappa shape index (κ1) is 12.1. The molecule has 1 fully saturated rings. The summed E-state index contributed by atoms with van der Waals surface area (Å²) in [4.78, 5) is 16.5. The van der Waals surface area contributed by atoms with E-state index in [0.29, 0.717) is 13.1 Å². The van der Waals surface area contributed by atoms with Crippen LogP contribution in [0.3, 0.4) is 0 Å². The van der Waals surface area contributed by atoms with Gasteiger partial charge >= 0.3 is 6.09 Å². The van der Waals surface area contributed by atoms with Gasteiger partial charge in [0.1, 0.15) is 4.60 Å². The van der Waals surface area contributed by atoms with E-state index in [2.05, 4.69) is 20.9 Å². The molecule has 1 N–H and O–H groups in total. The maximum Gasteiger partial charge on any atom is 0.407 e. The van der Waals surface area contributed by atoms with Crippen molar-refractivity contribution in [2.24, 2.45) is 0 Å². The summed E-state index contributed by atoms with van der Waals surface area (Å²) in [6.45, 7) is 1.16. The molecule has 5 heteroatoms. The minimum Gasteiger partial charge on any atom is -0.465 e. The molecule has 0 aliphatic carbocycles. The minimum atomic E-state index is -0.829. The highest BCUT2D eigenvalue weighted by Gasteiger charge is 2.17. The number of aromatic nitrogens is 1. The van der Waals surface area contributed by atoms with Crippen molar-refractivity contribution in [2.75, 3.05) is 13.1 Å². The Bertz CT molecular complexity index is 450. The first-order chi connectivity index (χ1) is 8.15. The van der Waals surface area contributed by atoms with E-state index in [0.717, 1.165) is 23.1 Å². The molecule has 0 bridgehead atoms. The van der Waals surface area contributed by atoms with E-state index in [-0.39, 0.29) is 0 Å². The third-order valence-corrected chi connectivity index (χ3v) is 3.21. The van der Waals surface area contributed by atoms with Gasteiger partial charge in [0.15, 0.2) is 0 Å². The van der Waals surface area contributed by atoms with Crippen molar-refractivity contribution >= 4 is 28.1 Å². The van der Waals surface area contributed by atoms with Crippen molar-refractivity contribution < 1.29 is 9.90 Å². The van der Waals surface area contributed by atoms with E-state index in [4.69, 9.17) is 5.11 Å². The highest BCUT2D eigenvalue weighted by atomic mass is 79.9. The smallest absolute Gasteiger partial charge is 0.407 e. The van der Waals surface area contributed by atoms with Crippen LogP contribution in [0.15, 0.2) is 28.4 Å². The number of hydrogen-bond donors (Lipinski definition) is 1. The predicted octanol–water partition coefficient (Wildman–Crippen LogP) is 3.00. The van der Waals surface area contributed by atoms with Crippen molar-refractivity contribution in [3.8, 4) is 0 Å². The van der Waals surface area contributed by atoms with Gasteiger partial charge in [-0.1, -0.05) is 11.6 Å². The van der Waals surface area contributed by atoms with Gasteiger partial charge in [-0.25, -0.2) is 9.78 Å². The van der Waals surface area contributed by atoms with Gasteiger partial charge in [-0.15, -0.1) is 0 Å². The van der Waals surface area contributed by atoms with Crippen LogP contribution in [-0.2, 0) is 0 Å². The Morgan fingerprint density at radius 2 is 2.12 bits per heavy atom. The number of pyridine rings is 1. The summed E-state index contributed by atoms with van der Waals surface area (Å²) in [7, 11) is 0. The average molecular weight is 297 g/mol. The third kappa shape index (κ3) is 3.30. The maximum atomic E-state index is 10.8. The number of rotatable bonds is 1. The fourth-order valence-electron chi connectivity index (χ4n) is 1.84. The van der Waals surface area contributed by atoms with Gasteiger partial charge in [0, 0.05) is 13.1 Å². The minimum absolute atomic E-state index is 0.579. The van der Waals surface area contributed by atoms with E-state index < -0.39 is 6.09 Å². The number of hydrogen-bond acceptors (Lipinski definition) is 2. The van der Waals surface area contributed by atoms with Gasteiger partial charge in [-0.2, -0.15) is 0 Å². The molecule has 1 aromatic heterocycles. The predicted molar refractivity (Wildman–Crippen MR) is 68.7 cm³/mol.